The Kier molecular flexibility index (Phi) is 9.53. The number of fused-ring (bicyclic) bond motifs is 1. The van der Waals surface area contributed by atoms with Crippen LogP contribution in [-0.2, 0) is 27.4 Å². The second-order valence-electron chi connectivity index (χ2n) is 11.8. The summed E-state index contributed by atoms with van der Waals surface area (Å²) < 4.78 is 68.8. The second-order valence-corrected chi connectivity index (χ2v) is 11.8. The number of ether oxygens (including phenoxy) is 2. The lowest BCUT2D eigenvalue weighted by atomic mass is 9.85. The summed E-state index contributed by atoms with van der Waals surface area (Å²) in [7, 11) is 0. The molecule has 1 atom stereocenters. The van der Waals surface area contributed by atoms with Gasteiger partial charge in [-0.15, -0.1) is 0 Å². The summed E-state index contributed by atoms with van der Waals surface area (Å²) in [5.74, 6) is -5.05. The van der Waals surface area contributed by atoms with Crippen molar-refractivity contribution in [3.63, 3.8) is 0 Å². The van der Waals surface area contributed by atoms with Crippen LogP contribution in [0, 0.1) is 11.7 Å². The molecule has 2 aromatic carbocycles. The fourth-order valence-electron chi connectivity index (χ4n) is 5.15. The number of anilines is 2. The van der Waals surface area contributed by atoms with Gasteiger partial charge in [0.25, 0.3) is 0 Å². The number of carbonyl (C=O) groups is 3. The van der Waals surface area contributed by atoms with Crippen LogP contribution in [-0.4, -0.2) is 60.5 Å². The summed E-state index contributed by atoms with van der Waals surface area (Å²) in [5.41, 5.74) is -1.76. The number of alkyl halides is 3. The van der Waals surface area contributed by atoms with Crippen molar-refractivity contribution in [1.29, 1.82) is 0 Å². The van der Waals surface area contributed by atoms with E-state index in [9.17, 15) is 32.7 Å². The van der Waals surface area contributed by atoms with Gasteiger partial charge in [0.1, 0.15) is 30.2 Å². The quantitative estimate of drug-likeness (QED) is 0.273. The van der Waals surface area contributed by atoms with Crippen molar-refractivity contribution < 1.29 is 46.5 Å². The minimum absolute atomic E-state index is 0.0444. The van der Waals surface area contributed by atoms with Gasteiger partial charge >= 0.3 is 24.1 Å². The number of carbonyl (C=O) groups excluding carboxylic acids is 2. The number of hydrogen-bond donors (Lipinski definition) is 2. The number of carboxylic acid groups (broad SMARTS) is 1. The predicted molar refractivity (Wildman–Crippen MR) is 150 cm³/mol. The molecule has 0 bridgehead atoms. The molecule has 0 radical (unpaired) electrons. The van der Waals surface area contributed by atoms with Crippen molar-refractivity contribution in [3.05, 3.63) is 53.3 Å². The molecule has 1 heterocycles. The number of esters is 1. The third-order valence-electron chi connectivity index (χ3n) is 7.29. The van der Waals surface area contributed by atoms with Gasteiger partial charge in [-0.1, -0.05) is 36.8 Å². The normalized spacial score (nSPS) is 16.8. The predicted octanol–water partition coefficient (Wildman–Crippen LogP) is 5.44. The molecule has 2 aromatic rings. The van der Waals surface area contributed by atoms with Gasteiger partial charge < -0.3 is 19.9 Å². The Morgan fingerprint density at radius 2 is 1.77 bits per heavy atom. The van der Waals surface area contributed by atoms with Crippen LogP contribution in [0.5, 0.6) is 5.75 Å². The maximum Gasteiger partial charge on any atom is 0.471 e. The molecule has 4 rings (SSSR count). The molecule has 2 amide bonds. The topological polar surface area (TPSA) is 108 Å². The Labute approximate surface area is 246 Å². The van der Waals surface area contributed by atoms with Crippen molar-refractivity contribution in [1.82, 2.24) is 5.32 Å². The molecule has 2 N–H and O–H groups in total. The Bertz CT molecular complexity index is 1340. The van der Waals surface area contributed by atoms with Crippen molar-refractivity contribution in [2.75, 3.05) is 29.4 Å². The molecule has 0 saturated heterocycles. The fourth-order valence-corrected chi connectivity index (χ4v) is 5.15. The van der Waals surface area contributed by atoms with E-state index in [2.05, 4.69) is 5.32 Å². The summed E-state index contributed by atoms with van der Waals surface area (Å²) in [4.78, 5) is 38.6. The van der Waals surface area contributed by atoms with E-state index in [1.807, 2.05) is 0 Å². The molecule has 9 nitrogen and oxygen atoms in total. The molecule has 0 spiro atoms. The first-order valence-electron chi connectivity index (χ1n) is 14.0. The summed E-state index contributed by atoms with van der Waals surface area (Å²) in [6, 6.07) is 8.79. The van der Waals surface area contributed by atoms with E-state index in [4.69, 9.17) is 9.47 Å². The van der Waals surface area contributed by atoms with E-state index < -0.39 is 59.6 Å². The molecule has 0 unspecified atom stereocenters. The minimum atomic E-state index is -5.48. The number of hydrogen-bond acceptors (Lipinski definition) is 6. The van der Waals surface area contributed by atoms with Gasteiger partial charge in [0, 0.05) is 18.2 Å². The van der Waals surface area contributed by atoms with Crippen molar-refractivity contribution in [2.24, 2.45) is 5.92 Å². The number of halogens is 4. The third-order valence-corrected chi connectivity index (χ3v) is 7.29. The highest BCUT2D eigenvalue weighted by Gasteiger charge is 2.47. The minimum Gasteiger partial charge on any atom is -0.487 e. The van der Waals surface area contributed by atoms with Gasteiger partial charge in [-0.25, -0.2) is 9.18 Å². The summed E-state index contributed by atoms with van der Waals surface area (Å²) in [5, 5.41) is 13.3. The summed E-state index contributed by atoms with van der Waals surface area (Å²) >= 11 is 0. The maximum absolute atomic E-state index is 16.4. The SMILES string of the molecule is CC(C)(C)OC(=O)CN(C(=O)C(F)(F)F)c1c(OCc2ccccc2)cc2c(c1F)C[C@H](CNCC1CCC1)N2C(=O)O. The average molecular weight is 610 g/mol. The first-order valence-corrected chi connectivity index (χ1v) is 14.0. The molecule has 43 heavy (non-hydrogen) atoms. The van der Waals surface area contributed by atoms with Crippen molar-refractivity contribution in [2.45, 2.75) is 70.9 Å². The zero-order chi connectivity index (χ0) is 31.5. The molecule has 2 aliphatic rings. The lowest BCUT2D eigenvalue weighted by Gasteiger charge is -2.29. The highest BCUT2D eigenvalue weighted by Crippen LogP contribution is 2.45. The van der Waals surface area contributed by atoms with E-state index in [1.165, 1.54) is 20.8 Å². The van der Waals surface area contributed by atoms with E-state index >= 15 is 4.39 Å². The number of amides is 2. The molecule has 234 valence electrons. The van der Waals surface area contributed by atoms with Crippen LogP contribution >= 0.6 is 0 Å². The number of benzene rings is 2. The van der Waals surface area contributed by atoms with Gasteiger partial charge in [-0.05, 0) is 58.1 Å². The van der Waals surface area contributed by atoms with Gasteiger partial charge in [-0.2, -0.15) is 13.2 Å². The Hall–Kier alpha value is -3.87. The van der Waals surface area contributed by atoms with Crippen LogP contribution in [0.15, 0.2) is 36.4 Å². The highest BCUT2D eigenvalue weighted by molar-refractivity contribution is 6.03. The lowest BCUT2D eigenvalue weighted by molar-refractivity contribution is -0.171. The monoisotopic (exact) mass is 609 g/mol. The van der Waals surface area contributed by atoms with Gasteiger partial charge in [0.15, 0.2) is 5.82 Å². The molecule has 1 aliphatic carbocycles. The zero-order valence-electron chi connectivity index (χ0n) is 24.2. The van der Waals surface area contributed by atoms with Crippen LogP contribution in [0.4, 0.5) is 33.7 Å². The number of nitrogens with zero attached hydrogens (tertiary/aromatic N) is 2. The van der Waals surface area contributed by atoms with Crippen LogP contribution in [0.2, 0.25) is 0 Å². The van der Waals surface area contributed by atoms with Gasteiger partial charge in [-0.3, -0.25) is 19.4 Å². The molecule has 1 aliphatic heterocycles. The van der Waals surface area contributed by atoms with Crippen LogP contribution in [0.1, 0.15) is 51.2 Å². The van der Waals surface area contributed by atoms with Crippen molar-refractivity contribution >= 4 is 29.3 Å². The van der Waals surface area contributed by atoms with E-state index in [1.54, 1.807) is 30.3 Å². The molecule has 13 heteroatoms. The third kappa shape index (κ3) is 7.75. The Morgan fingerprint density at radius 1 is 1.09 bits per heavy atom. The molecule has 1 saturated carbocycles. The molecular formula is C30H35F4N3O6. The highest BCUT2D eigenvalue weighted by atomic mass is 19.4. The van der Waals surface area contributed by atoms with Gasteiger partial charge in [0.2, 0.25) is 0 Å². The Balaban J connectivity index is 1.78. The molecule has 0 aromatic heterocycles. The largest absolute Gasteiger partial charge is 0.487 e. The van der Waals surface area contributed by atoms with E-state index in [0.717, 1.165) is 30.2 Å². The van der Waals surface area contributed by atoms with E-state index in [0.29, 0.717) is 18.0 Å². The van der Waals surface area contributed by atoms with Crippen LogP contribution < -0.4 is 19.9 Å². The summed E-state index contributed by atoms with van der Waals surface area (Å²) in [6.07, 6.45) is -3.79. The fraction of sp³-hybridized carbons (Fsp3) is 0.500. The first-order chi connectivity index (χ1) is 20.2. The number of rotatable bonds is 10. The first kappa shape index (κ1) is 32.1. The maximum atomic E-state index is 16.4. The van der Waals surface area contributed by atoms with Crippen molar-refractivity contribution in [3.8, 4) is 5.75 Å². The summed E-state index contributed by atoms with van der Waals surface area (Å²) in [6.45, 7) is 3.80. The van der Waals surface area contributed by atoms with Crippen LogP contribution in [0.25, 0.3) is 0 Å². The standard InChI is InChI=1S/C30H35F4N3O6/c1-29(2,3)43-24(38)16-36(27(39)30(32,33)34)26-23(42-17-19-8-5-4-6-9-19)13-22-21(25(26)31)12-20(37(22)28(40)41)15-35-14-18-10-7-11-18/h4-6,8-9,13,18,20,35H,7,10-12,14-17H2,1-3H3,(H,40,41)/t20-/m1/s1. The lowest BCUT2D eigenvalue weighted by Crippen LogP contribution is -2.46. The average Bonchev–Trinajstić information content (AvgIpc) is 3.25. The van der Waals surface area contributed by atoms with Crippen LogP contribution in [0.3, 0.4) is 0 Å². The molecular weight excluding hydrogens is 574 g/mol. The van der Waals surface area contributed by atoms with E-state index in [-0.39, 0.29) is 35.7 Å². The number of nitrogens with one attached hydrogen (secondary N) is 1. The molecule has 1 fully saturated rings. The zero-order valence-corrected chi connectivity index (χ0v) is 24.2. The second kappa shape index (κ2) is 12.8. The smallest absolute Gasteiger partial charge is 0.471 e. The Morgan fingerprint density at radius 3 is 2.33 bits per heavy atom. The van der Waals surface area contributed by atoms with Gasteiger partial charge in [0.05, 0.1) is 11.7 Å².